The van der Waals surface area contributed by atoms with E-state index in [9.17, 15) is 13.5 Å². The minimum Gasteiger partial charge on any atom is -0.276 e. The summed E-state index contributed by atoms with van der Waals surface area (Å²) in [7, 11) is -3.81. The van der Waals surface area contributed by atoms with Gasteiger partial charge in [-0.05, 0) is 10.9 Å². The zero-order valence-corrected chi connectivity index (χ0v) is 8.99. The molecule has 2 aromatic carbocycles. The molecule has 3 nitrogen and oxygen atoms in total. The van der Waals surface area contributed by atoms with E-state index in [0.717, 1.165) is 5.39 Å². The van der Waals surface area contributed by atoms with E-state index in [-0.39, 0.29) is 4.90 Å². The molecule has 0 bridgehead atoms. The van der Waals surface area contributed by atoms with Crippen molar-refractivity contribution in [1.82, 2.24) is 0 Å². The minimum absolute atomic E-state index is 0.149. The third kappa shape index (κ3) is 1.05. The van der Waals surface area contributed by atoms with Gasteiger partial charge in [-0.25, -0.2) is 8.42 Å². The molecule has 0 saturated heterocycles. The lowest BCUT2D eigenvalue weighted by molar-refractivity contribution is 0.332. The molecule has 0 N–H and O–H groups in total. The molecule has 0 atom stereocenters. The lowest BCUT2D eigenvalue weighted by Gasteiger charge is -2.03. The summed E-state index contributed by atoms with van der Waals surface area (Å²) in [6, 6.07) is 10.6. The van der Waals surface area contributed by atoms with Gasteiger partial charge in [0.05, 0.1) is 4.90 Å². The average Bonchev–Trinajstić information content (AvgIpc) is 2.50. The normalized spacial score (nSPS) is 17.1. The maximum atomic E-state index is 11.8. The fourth-order valence-electron chi connectivity index (χ4n) is 1.98. The minimum atomic E-state index is -3.81. The van der Waals surface area contributed by atoms with Crippen LogP contribution in [0.4, 0.5) is 0 Å². The van der Waals surface area contributed by atoms with Gasteiger partial charge >= 0.3 is 0 Å². The second-order valence-corrected chi connectivity index (χ2v) is 5.49. The second-order valence-electron chi connectivity index (χ2n) is 3.67. The van der Waals surface area contributed by atoms with Gasteiger partial charge in [0.1, 0.15) is 0 Å². The summed E-state index contributed by atoms with van der Waals surface area (Å²) >= 11 is 0. The third-order valence-corrected chi connectivity index (χ3v) is 4.36. The van der Waals surface area contributed by atoms with E-state index in [2.05, 4.69) is 0 Å². The zero-order valence-electron chi connectivity index (χ0n) is 8.17. The fraction of sp³-hybridized carbons (Fsp3) is 0. The van der Waals surface area contributed by atoms with Crippen LogP contribution in [0.5, 0.6) is 0 Å². The Labute approximate surface area is 92.6 Å². The van der Waals surface area contributed by atoms with Crippen molar-refractivity contribution < 1.29 is 13.5 Å². The first kappa shape index (κ1) is 9.42. The Bertz CT molecular complexity index is 727. The van der Waals surface area contributed by atoms with Crippen LogP contribution in [0.1, 0.15) is 5.56 Å². The largest absolute Gasteiger partial charge is 0.276 e. The molecule has 0 unspecified atom stereocenters. The summed E-state index contributed by atoms with van der Waals surface area (Å²) in [5, 5.41) is 12.0. The first-order valence-electron chi connectivity index (χ1n) is 4.76. The van der Waals surface area contributed by atoms with Gasteiger partial charge in [0, 0.05) is 11.5 Å². The molecule has 2 aromatic rings. The number of fused-ring (bicyclic) bond motifs is 3. The van der Waals surface area contributed by atoms with Gasteiger partial charge in [0.2, 0.25) is 9.84 Å². The van der Waals surface area contributed by atoms with E-state index in [1.165, 1.54) is 6.08 Å². The summed E-state index contributed by atoms with van der Waals surface area (Å²) in [5.74, 6) is 0. The average molecular weight is 231 g/mol. The monoisotopic (exact) mass is 231 g/mol. The smallest absolute Gasteiger partial charge is 0.274 e. The third-order valence-electron chi connectivity index (χ3n) is 2.72. The first-order chi connectivity index (χ1) is 7.60. The fourth-order valence-corrected chi connectivity index (χ4v) is 3.37. The van der Waals surface area contributed by atoms with Gasteiger partial charge in [0.25, 0.3) is 5.09 Å². The molecule has 3 rings (SSSR count). The molecule has 1 radical (unpaired) electrons. The van der Waals surface area contributed by atoms with Crippen molar-refractivity contribution in [2.75, 3.05) is 0 Å². The molecule has 79 valence electrons. The molecule has 0 aromatic heterocycles. The summed E-state index contributed by atoms with van der Waals surface area (Å²) in [6.07, 6.45) is 1.18. The molecule has 0 saturated carbocycles. The standard InChI is InChI=1S/C12H7O3S/c13-11-7-9-6-5-8-3-1-2-4-10(8)12(9)16(11,14)15/h1-7H. The van der Waals surface area contributed by atoms with Crippen LogP contribution in [0.3, 0.4) is 0 Å². The van der Waals surface area contributed by atoms with Crippen LogP contribution in [-0.4, -0.2) is 8.42 Å². The summed E-state index contributed by atoms with van der Waals surface area (Å²) in [5.41, 5.74) is 0.490. The van der Waals surface area contributed by atoms with Crippen molar-refractivity contribution >= 4 is 26.7 Å². The molecule has 1 heterocycles. The molecule has 4 heteroatoms. The molecular formula is C12H7O3S. The highest BCUT2D eigenvalue weighted by Gasteiger charge is 2.32. The Morgan fingerprint density at radius 1 is 0.938 bits per heavy atom. The Morgan fingerprint density at radius 2 is 1.69 bits per heavy atom. The lowest BCUT2D eigenvalue weighted by atomic mass is 10.1. The van der Waals surface area contributed by atoms with Crippen molar-refractivity contribution in [3.05, 3.63) is 47.1 Å². The molecule has 16 heavy (non-hydrogen) atoms. The molecule has 1 aliphatic rings. The van der Waals surface area contributed by atoms with Gasteiger partial charge in [-0.15, -0.1) is 0 Å². The summed E-state index contributed by atoms with van der Waals surface area (Å²) < 4.78 is 23.6. The van der Waals surface area contributed by atoms with E-state index < -0.39 is 14.9 Å². The summed E-state index contributed by atoms with van der Waals surface area (Å²) in [4.78, 5) is 0.149. The van der Waals surface area contributed by atoms with Crippen molar-refractivity contribution in [2.24, 2.45) is 0 Å². The Kier molecular flexibility index (Phi) is 1.68. The van der Waals surface area contributed by atoms with E-state index in [0.29, 0.717) is 10.9 Å². The predicted molar refractivity (Wildman–Crippen MR) is 59.8 cm³/mol. The predicted octanol–water partition coefficient (Wildman–Crippen LogP) is 2.36. The van der Waals surface area contributed by atoms with Gasteiger partial charge in [-0.1, -0.05) is 36.4 Å². The van der Waals surface area contributed by atoms with Crippen molar-refractivity contribution in [2.45, 2.75) is 4.90 Å². The van der Waals surface area contributed by atoms with Crippen LogP contribution >= 0.6 is 0 Å². The zero-order chi connectivity index (χ0) is 11.3. The van der Waals surface area contributed by atoms with Crippen LogP contribution in [0, 0.1) is 0 Å². The number of rotatable bonds is 0. The van der Waals surface area contributed by atoms with Crippen LogP contribution in [0.25, 0.3) is 16.8 Å². The van der Waals surface area contributed by atoms with Crippen LogP contribution in [0.15, 0.2) is 46.4 Å². The number of hydrogen-bond donors (Lipinski definition) is 0. The van der Waals surface area contributed by atoms with Crippen LogP contribution < -0.4 is 0 Å². The quantitative estimate of drug-likeness (QED) is 0.698. The van der Waals surface area contributed by atoms with Crippen molar-refractivity contribution in [3.63, 3.8) is 0 Å². The molecule has 0 spiro atoms. The van der Waals surface area contributed by atoms with E-state index in [4.69, 9.17) is 0 Å². The van der Waals surface area contributed by atoms with Gasteiger partial charge in [-0.2, -0.15) is 0 Å². The number of hydrogen-bond acceptors (Lipinski definition) is 2. The molecule has 1 aliphatic heterocycles. The maximum Gasteiger partial charge on any atom is 0.274 e. The second kappa shape index (κ2) is 2.86. The SMILES string of the molecule is [O]C1=Cc2ccc3ccccc3c2S1(=O)=O. The Morgan fingerprint density at radius 3 is 2.50 bits per heavy atom. The van der Waals surface area contributed by atoms with E-state index in [1.807, 2.05) is 18.2 Å². The van der Waals surface area contributed by atoms with Crippen LogP contribution in [0.2, 0.25) is 0 Å². The molecule has 0 amide bonds. The highest BCUT2D eigenvalue weighted by molar-refractivity contribution is 7.95. The van der Waals surface area contributed by atoms with E-state index in [1.54, 1.807) is 18.2 Å². The highest BCUT2D eigenvalue weighted by atomic mass is 32.2. The molecule has 0 aliphatic carbocycles. The number of sulfone groups is 1. The first-order valence-corrected chi connectivity index (χ1v) is 6.24. The maximum absolute atomic E-state index is 11.8. The highest BCUT2D eigenvalue weighted by Crippen LogP contribution is 2.36. The Balaban J connectivity index is 2.54. The van der Waals surface area contributed by atoms with Crippen molar-refractivity contribution in [1.29, 1.82) is 0 Å². The van der Waals surface area contributed by atoms with Crippen molar-refractivity contribution in [3.8, 4) is 0 Å². The van der Waals surface area contributed by atoms with Gasteiger partial charge in [-0.3, -0.25) is 5.11 Å². The summed E-state index contributed by atoms with van der Waals surface area (Å²) in [6.45, 7) is 0. The topological polar surface area (TPSA) is 54.0 Å². The lowest BCUT2D eigenvalue weighted by Crippen LogP contribution is -1.99. The van der Waals surface area contributed by atoms with Crippen LogP contribution in [-0.2, 0) is 14.9 Å². The van der Waals surface area contributed by atoms with Gasteiger partial charge < -0.3 is 0 Å². The van der Waals surface area contributed by atoms with E-state index >= 15 is 0 Å². The van der Waals surface area contributed by atoms with Gasteiger partial charge in [0.15, 0.2) is 0 Å². The number of benzene rings is 2. The molecular weight excluding hydrogens is 224 g/mol. The Hall–Kier alpha value is -1.81. The molecule has 0 fully saturated rings.